The molecule has 1 N–H and O–H groups in total. The molecule has 3 nitrogen and oxygen atoms in total. The third-order valence-electron chi connectivity index (χ3n) is 2.63. The number of sulfone groups is 1. The standard InChI is InChI=1S/C11H23NO2S/c1-7-12-10(8-9(2)3)11(4,5)15(6,13)14/h8,10,12H,7H2,1-6H3. The molecule has 0 radical (unpaired) electrons. The Morgan fingerprint density at radius 2 is 1.87 bits per heavy atom. The van der Waals surface area contributed by atoms with Crippen molar-refractivity contribution in [2.24, 2.45) is 0 Å². The van der Waals surface area contributed by atoms with Gasteiger partial charge in [-0.1, -0.05) is 18.6 Å². The van der Waals surface area contributed by atoms with Crippen molar-refractivity contribution in [2.45, 2.75) is 45.4 Å². The lowest BCUT2D eigenvalue weighted by Crippen LogP contribution is -2.50. The second-order valence-electron chi connectivity index (χ2n) is 4.65. The first-order chi connectivity index (χ1) is 6.63. The van der Waals surface area contributed by atoms with Crippen molar-refractivity contribution in [3.8, 4) is 0 Å². The van der Waals surface area contributed by atoms with Gasteiger partial charge in [-0.25, -0.2) is 8.42 Å². The minimum absolute atomic E-state index is 0.137. The highest BCUT2D eigenvalue weighted by Gasteiger charge is 2.37. The predicted molar refractivity (Wildman–Crippen MR) is 65.8 cm³/mol. The third kappa shape index (κ3) is 3.95. The highest BCUT2D eigenvalue weighted by molar-refractivity contribution is 7.92. The van der Waals surface area contributed by atoms with Gasteiger partial charge in [-0.05, 0) is 34.2 Å². The molecule has 0 saturated heterocycles. The van der Waals surface area contributed by atoms with Crippen molar-refractivity contribution in [3.05, 3.63) is 11.6 Å². The maximum atomic E-state index is 11.7. The van der Waals surface area contributed by atoms with Crippen LogP contribution in [0.25, 0.3) is 0 Å². The van der Waals surface area contributed by atoms with Gasteiger partial charge < -0.3 is 5.32 Å². The Labute approximate surface area is 93.9 Å². The lowest BCUT2D eigenvalue weighted by Gasteiger charge is -2.31. The summed E-state index contributed by atoms with van der Waals surface area (Å²) in [6.45, 7) is 10.2. The minimum atomic E-state index is -3.08. The summed E-state index contributed by atoms with van der Waals surface area (Å²) in [6, 6.07) is -0.137. The molecule has 1 unspecified atom stereocenters. The fourth-order valence-corrected chi connectivity index (χ4v) is 1.90. The summed E-state index contributed by atoms with van der Waals surface area (Å²) < 4.78 is 22.6. The average molecular weight is 233 g/mol. The highest BCUT2D eigenvalue weighted by Crippen LogP contribution is 2.22. The van der Waals surface area contributed by atoms with E-state index in [1.54, 1.807) is 13.8 Å². The van der Waals surface area contributed by atoms with Crippen LogP contribution in [0, 0.1) is 0 Å². The zero-order valence-electron chi connectivity index (χ0n) is 10.6. The van der Waals surface area contributed by atoms with Crippen LogP contribution < -0.4 is 5.32 Å². The molecule has 0 aliphatic carbocycles. The van der Waals surface area contributed by atoms with Crippen molar-refractivity contribution >= 4 is 9.84 Å². The van der Waals surface area contributed by atoms with Crippen LogP contribution in [0.4, 0.5) is 0 Å². The normalized spacial score (nSPS) is 14.8. The molecule has 0 aliphatic heterocycles. The van der Waals surface area contributed by atoms with Gasteiger partial charge in [0.25, 0.3) is 0 Å². The molecule has 0 aromatic carbocycles. The van der Waals surface area contributed by atoms with Crippen molar-refractivity contribution < 1.29 is 8.42 Å². The first-order valence-electron chi connectivity index (χ1n) is 5.21. The molecule has 0 aliphatic rings. The van der Waals surface area contributed by atoms with Crippen LogP contribution in [0.5, 0.6) is 0 Å². The zero-order valence-corrected chi connectivity index (χ0v) is 11.4. The first kappa shape index (κ1) is 14.6. The van der Waals surface area contributed by atoms with E-state index in [4.69, 9.17) is 0 Å². The molecule has 0 bridgehead atoms. The average Bonchev–Trinajstić information content (AvgIpc) is 2.00. The quantitative estimate of drug-likeness (QED) is 0.736. The number of likely N-dealkylation sites (N-methyl/N-ethyl adjacent to an activating group) is 1. The molecule has 0 aromatic heterocycles. The molecule has 0 fully saturated rings. The van der Waals surface area contributed by atoms with E-state index in [-0.39, 0.29) is 6.04 Å². The molecule has 0 spiro atoms. The van der Waals surface area contributed by atoms with E-state index in [0.717, 1.165) is 12.1 Å². The Hall–Kier alpha value is -0.350. The summed E-state index contributed by atoms with van der Waals surface area (Å²) in [5.41, 5.74) is 1.12. The largest absolute Gasteiger partial charge is 0.309 e. The highest BCUT2D eigenvalue weighted by atomic mass is 32.2. The SMILES string of the molecule is CCNC(C=C(C)C)C(C)(C)S(C)(=O)=O. The summed E-state index contributed by atoms with van der Waals surface area (Å²) >= 11 is 0. The Kier molecular flexibility index (Phi) is 5.00. The molecule has 1 atom stereocenters. The fraction of sp³-hybridized carbons (Fsp3) is 0.818. The summed E-state index contributed by atoms with van der Waals surface area (Å²) in [6.07, 6.45) is 3.26. The van der Waals surface area contributed by atoms with E-state index >= 15 is 0 Å². The predicted octanol–water partition coefficient (Wildman–Crippen LogP) is 1.75. The second-order valence-corrected chi connectivity index (χ2v) is 7.25. The Morgan fingerprint density at radius 1 is 1.40 bits per heavy atom. The van der Waals surface area contributed by atoms with Crippen LogP contribution >= 0.6 is 0 Å². The van der Waals surface area contributed by atoms with Gasteiger partial charge in [-0.15, -0.1) is 0 Å². The molecule has 90 valence electrons. The van der Waals surface area contributed by atoms with Crippen molar-refractivity contribution in [2.75, 3.05) is 12.8 Å². The van der Waals surface area contributed by atoms with E-state index in [2.05, 4.69) is 5.32 Å². The smallest absolute Gasteiger partial charge is 0.154 e. The van der Waals surface area contributed by atoms with E-state index in [1.165, 1.54) is 6.26 Å². The second kappa shape index (κ2) is 5.12. The number of hydrogen-bond donors (Lipinski definition) is 1. The Balaban J connectivity index is 5.17. The maximum Gasteiger partial charge on any atom is 0.154 e. The molecule has 4 heteroatoms. The van der Waals surface area contributed by atoms with Crippen LogP contribution in [-0.4, -0.2) is 32.0 Å². The lowest BCUT2D eigenvalue weighted by atomic mass is 10.0. The van der Waals surface area contributed by atoms with Crippen LogP contribution in [-0.2, 0) is 9.84 Å². The number of nitrogens with one attached hydrogen (secondary N) is 1. The molecule has 0 rings (SSSR count). The molecule has 15 heavy (non-hydrogen) atoms. The van der Waals surface area contributed by atoms with E-state index in [1.807, 2.05) is 26.8 Å². The van der Waals surface area contributed by atoms with Gasteiger partial charge >= 0.3 is 0 Å². The summed E-state index contributed by atoms with van der Waals surface area (Å²) in [5, 5.41) is 3.21. The van der Waals surface area contributed by atoms with Crippen LogP contribution in [0.2, 0.25) is 0 Å². The number of hydrogen-bond acceptors (Lipinski definition) is 3. The third-order valence-corrected chi connectivity index (χ3v) is 4.79. The molecule has 0 saturated carbocycles. The van der Waals surface area contributed by atoms with Crippen LogP contribution in [0.15, 0.2) is 11.6 Å². The summed E-state index contributed by atoms with van der Waals surface area (Å²) in [7, 11) is -3.08. The zero-order chi connectivity index (χ0) is 12.3. The number of allylic oxidation sites excluding steroid dienone is 1. The monoisotopic (exact) mass is 233 g/mol. The van der Waals surface area contributed by atoms with Gasteiger partial charge in [0.1, 0.15) is 0 Å². The maximum absolute atomic E-state index is 11.7. The lowest BCUT2D eigenvalue weighted by molar-refractivity contribution is 0.470. The van der Waals surface area contributed by atoms with E-state index in [0.29, 0.717) is 0 Å². The Bertz CT molecular complexity index is 324. The van der Waals surface area contributed by atoms with Gasteiger partial charge in [0.15, 0.2) is 9.84 Å². The van der Waals surface area contributed by atoms with Gasteiger partial charge in [-0.2, -0.15) is 0 Å². The summed E-state index contributed by atoms with van der Waals surface area (Å²) in [4.78, 5) is 0. The fourth-order valence-electron chi connectivity index (χ4n) is 1.29. The molecule has 0 amide bonds. The Morgan fingerprint density at radius 3 is 2.13 bits per heavy atom. The van der Waals surface area contributed by atoms with Crippen LogP contribution in [0.1, 0.15) is 34.6 Å². The number of rotatable bonds is 5. The van der Waals surface area contributed by atoms with Gasteiger partial charge in [-0.3, -0.25) is 0 Å². The van der Waals surface area contributed by atoms with Crippen LogP contribution in [0.3, 0.4) is 0 Å². The summed E-state index contributed by atoms with van der Waals surface area (Å²) in [5.74, 6) is 0. The molecule has 0 aromatic rings. The van der Waals surface area contributed by atoms with E-state index in [9.17, 15) is 8.42 Å². The molecular formula is C11H23NO2S. The van der Waals surface area contributed by atoms with Gasteiger partial charge in [0.2, 0.25) is 0 Å². The first-order valence-corrected chi connectivity index (χ1v) is 7.10. The van der Waals surface area contributed by atoms with Gasteiger partial charge in [0.05, 0.1) is 4.75 Å². The van der Waals surface area contributed by atoms with Crippen molar-refractivity contribution in [1.29, 1.82) is 0 Å². The topological polar surface area (TPSA) is 46.2 Å². The molecular weight excluding hydrogens is 210 g/mol. The van der Waals surface area contributed by atoms with E-state index < -0.39 is 14.6 Å². The van der Waals surface area contributed by atoms with Gasteiger partial charge in [0, 0.05) is 12.3 Å². The van der Waals surface area contributed by atoms with Crippen molar-refractivity contribution in [1.82, 2.24) is 5.32 Å². The van der Waals surface area contributed by atoms with Crippen molar-refractivity contribution in [3.63, 3.8) is 0 Å². The minimum Gasteiger partial charge on any atom is -0.309 e. The molecule has 0 heterocycles.